The van der Waals surface area contributed by atoms with Crippen molar-refractivity contribution in [2.75, 3.05) is 25.0 Å². The molecule has 0 spiro atoms. The minimum atomic E-state index is -0.298. The summed E-state index contributed by atoms with van der Waals surface area (Å²) in [6.45, 7) is 4.39. The van der Waals surface area contributed by atoms with Crippen LogP contribution < -0.4 is 21.1 Å². The van der Waals surface area contributed by atoms with E-state index in [4.69, 9.17) is 10.5 Å². The number of benzene rings is 1. The van der Waals surface area contributed by atoms with Crippen molar-refractivity contribution < 1.29 is 14.3 Å². The van der Waals surface area contributed by atoms with Crippen LogP contribution in [0, 0.1) is 5.92 Å². The van der Waals surface area contributed by atoms with Gasteiger partial charge in [-0.3, -0.25) is 9.59 Å². The Morgan fingerprint density at radius 1 is 1.30 bits per heavy atom. The quantitative estimate of drug-likeness (QED) is 0.686. The normalized spacial score (nSPS) is 11.6. The van der Waals surface area contributed by atoms with Gasteiger partial charge in [-0.1, -0.05) is 6.92 Å². The second-order valence-electron chi connectivity index (χ2n) is 4.36. The maximum Gasteiger partial charge on any atom is 0.243 e. The molecule has 0 heterocycles. The smallest absolute Gasteiger partial charge is 0.243 e. The van der Waals surface area contributed by atoms with E-state index >= 15 is 0 Å². The summed E-state index contributed by atoms with van der Waals surface area (Å²) in [6, 6.07) is 7.03. The molecular formula is C14H21N3O3. The first kappa shape index (κ1) is 16.0. The molecular weight excluding hydrogens is 258 g/mol. The topological polar surface area (TPSA) is 93.5 Å². The molecule has 0 radical (unpaired) electrons. The highest BCUT2D eigenvalue weighted by Gasteiger charge is 2.11. The molecule has 2 amide bonds. The number of carbonyl (C=O) groups excluding carboxylic acids is 2. The fraction of sp³-hybridized carbons (Fsp3) is 0.429. The number of amides is 2. The second-order valence-corrected chi connectivity index (χ2v) is 4.36. The molecule has 20 heavy (non-hydrogen) atoms. The number of hydrogen-bond donors (Lipinski definition) is 3. The van der Waals surface area contributed by atoms with E-state index in [1.807, 2.05) is 6.92 Å². The molecule has 6 nitrogen and oxygen atoms in total. The van der Waals surface area contributed by atoms with Crippen molar-refractivity contribution in [2.24, 2.45) is 11.7 Å². The van der Waals surface area contributed by atoms with Crippen molar-refractivity contribution in [3.05, 3.63) is 24.3 Å². The number of nitrogens with two attached hydrogens (primary N) is 1. The number of rotatable bonds is 7. The van der Waals surface area contributed by atoms with Gasteiger partial charge in [0.2, 0.25) is 11.8 Å². The van der Waals surface area contributed by atoms with E-state index in [2.05, 4.69) is 10.6 Å². The van der Waals surface area contributed by atoms with Crippen molar-refractivity contribution in [2.45, 2.75) is 13.8 Å². The molecule has 0 bridgehead atoms. The molecule has 0 aliphatic heterocycles. The Labute approximate surface area is 118 Å². The molecule has 0 aliphatic rings. The first-order valence-electron chi connectivity index (χ1n) is 6.57. The van der Waals surface area contributed by atoms with Gasteiger partial charge in [0.15, 0.2) is 0 Å². The molecule has 4 N–H and O–H groups in total. The number of ether oxygens (including phenoxy) is 1. The van der Waals surface area contributed by atoms with Crippen molar-refractivity contribution in [1.82, 2.24) is 5.32 Å². The third-order valence-electron chi connectivity index (χ3n) is 2.67. The minimum absolute atomic E-state index is 0.0730. The zero-order valence-corrected chi connectivity index (χ0v) is 11.8. The van der Waals surface area contributed by atoms with E-state index in [9.17, 15) is 9.59 Å². The summed E-state index contributed by atoms with van der Waals surface area (Å²) in [6.07, 6.45) is 0. The van der Waals surface area contributed by atoms with Gasteiger partial charge in [-0.05, 0) is 31.2 Å². The number of hydrogen-bond acceptors (Lipinski definition) is 4. The van der Waals surface area contributed by atoms with Crippen LogP contribution in [0.4, 0.5) is 5.69 Å². The zero-order chi connectivity index (χ0) is 15.0. The number of carbonyl (C=O) groups is 2. The van der Waals surface area contributed by atoms with Gasteiger partial charge >= 0.3 is 0 Å². The molecule has 0 fully saturated rings. The van der Waals surface area contributed by atoms with Crippen LogP contribution in [-0.4, -0.2) is 31.5 Å². The monoisotopic (exact) mass is 279 g/mol. The Hall–Kier alpha value is -2.08. The van der Waals surface area contributed by atoms with E-state index in [-0.39, 0.29) is 30.8 Å². The van der Waals surface area contributed by atoms with Crippen LogP contribution in [0.25, 0.3) is 0 Å². The molecule has 1 unspecified atom stereocenters. The van der Waals surface area contributed by atoms with Crippen LogP contribution in [0.3, 0.4) is 0 Å². The summed E-state index contributed by atoms with van der Waals surface area (Å²) in [5.74, 6) is -0.0649. The van der Waals surface area contributed by atoms with E-state index in [0.717, 1.165) is 5.75 Å². The average Bonchev–Trinajstić information content (AvgIpc) is 2.46. The Bertz CT molecular complexity index is 445. The van der Waals surface area contributed by atoms with E-state index in [1.165, 1.54) is 0 Å². The maximum absolute atomic E-state index is 11.7. The molecule has 1 aromatic carbocycles. The molecule has 0 aromatic heterocycles. The predicted molar refractivity (Wildman–Crippen MR) is 77.5 cm³/mol. The molecule has 1 atom stereocenters. The Morgan fingerprint density at radius 2 is 1.95 bits per heavy atom. The number of nitrogens with one attached hydrogen (secondary N) is 2. The van der Waals surface area contributed by atoms with Crippen LogP contribution in [0.1, 0.15) is 13.8 Å². The van der Waals surface area contributed by atoms with E-state index in [1.54, 1.807) is 31.2 Å². The van der Waals surface area contributed by atoms with Gasteiger partial charge in [-0.25, -0.2) is 0 Å². The molecule has 1 aromatic rings. The molecule has 6 heteroatoms. The Balaban J connectivity index is 2.40. The maximum atomic E-state index is 11.7. The van der Waals surface area contributed by atoms with Crippen molar-refractivity contribution in [1.29, 1.82) is 0 Å². The summed E-state index contributed by atoms with van der Waals surface area (Å²) in [7, 11) is 0. The largest absolute Gasteiger partial charge is 0.494 e. The SMILES string of the molecule is CCOc1ccc(NC(=O)CNC(=O)C(C)CN)cc1. The molecule has 0 saturated carbocycles. The lowest BCUT2D eigenvalue weighted by Gasteiger charge is -2.10. The second kappa shape index (κ2) is 8.16. The van der Waals surface area contributed by atoms with Crippen LogP contribution in [0.5, 0.6) is 5.75 Å². The molecule has 0 aliphatic carbocycles. The lowest BCUT2D eigenvalue weighted by molar-refractivity contribution is -0.126. The Morgan fingerprint density at radius 3 is 2.50 bits per heavy atom. The zero-order valence-electron chi connectivity index (χ0n) is 11.8. The predicted octanol–water partition coefficient (Wildman–Crippen LogP) is 0.735. The summed E-state index contributed by atoms with van der Waals surface area (Å²) in [5.41, 5.74) is 6.02. The summed E-state index contributed by atoms with van der Waals surface area (Å²) in [5, 5.41) is 5.21. The van der Waals surface area contributed by atoms with Crippen LogP contribution in [-0.2, 0) is 9.59 Å². The van der Waals surface area contributed by atoms with Gasteiger partial charge in [0.05, 0.1) is 13.2 Å². The summed E-state index contributed by atoms with van der Waals surface area (Å²) in [4.78, 5) is 23.1. The standard InChI is InChI=1S/C14H21N3O3/c1-3-20-12-6-4-11(5-7-12)17-13(18)9-16-14(19)10(2)8-15/h4-7,10H,3,8-9,15H2,1-2H3,(H,16,19)(H,17,18). The number of anilines is 1. The third kappa shape index (κ3) is 5.27. The summed E-state index contributed by atoms with van der Waals surface area (Å²) >= 11 is 0. The van der Waals surface area contributed by atoms with E-state index in [0.29, 0.717) is 12.3 Å². The van der Waals surface area contributed by atoms with Gasteiger partial charge < -0.3 is 21.1 Å². The Kier molecular flexibility index (Phi) is 6.52. The summed E-state index contributed by atoms with van der Waals surface area (Å²) < 4.78 is 5.30. The highest BCUT2D eigenvalue weighted by molar-refractivity contribution is 5.94. The van der Waals surface area contributed by atoms with Gasteiger partial charge in [-0.15, -0.1) is 0 Å². The highest BCUT2D eigenvalue weighted by Crippen LogP contribution is 2.15. The first-order valence-corrected chi connectivity index (χ1v) is 6.57. The minimum Gasteiger partial charge on any atom is -0.494 e. The lowest BCUT2D eigenvalue weighted by atomic mass is 10.2. The lowest BCUT2D eigenvalue weighted by Crippen LogP contribution is -2.38. The van der Waals surface area contributed by atoms with Crippen LogP contribution in [0.15, 0.2) is 24.3 Å². The molecule has 1 rings (SSSR count). The van der Waals surface area contributed by atoms with Crippen molar-refractivity contribution in [3.8, 4) is 5.75 Å². The first-order chi connectivity index (χ1) is 9.56. The van der Waals surface area contributed by atoms with Gasteiger partial charge in [0.1, 0.15) is 5.75 Å². The van der Waals surface area contributed by atoms with Crippen molar-refractivity contribution >= 4 is 17.5 Å². The van der Waals surface area contributed by atoms with Crippen LogP contribution in [0.2, 0.25) is 0 Å². The third-order valence-corrected chi connectivity index (χ3v) is 2.67. The molecule has 0 saturated heterocycles. The molecule has 110 valence electrons. The van der Waals surface area contributed by atoms with Gasteiger partial charge in [0.25, 0.3) is 0 Å². The highest BCUT2D eigenvalue weighted by atomic mass is 16.5. The average molecular weight is 279 g/mol. The fourth-order valence-corrected chi connectivity index (χ4v) is 1.46. The van der Waals surface area contributed by atoms with Crippen molar-refractivity contribution in [3.63, 3.8) is 0 Å². The fourth-order valence-electron chi connectivity index (χ4n) is 1.46. The van der Waals surface area contributed by atoms with E-state index < -0.39 is 0 Å². The van der Waals surface area contributed by atoms with Gasteiger partial charge in [0, 0.05) is 18.2 Å². The van der Waals surface area contributed by atoms with Gasteiger partial charge in [-0.2, -0.15) is 0 Å². The van der Waals surface area contributed by atoms with Crippen LogP contribution >= 0.6 is 0 Å².